The van der Waals surface area contributed by atoms with E-state index in [0.29, 0.717) is 5.82 Å². The van der Waals surface area contributed by atoms with Crippen molar-refractivity contribution < 1.29 is 4.79 Å². The number of anilines is 2. The van der Waals surface area contributed by atoms with Crippen LogP contribution in [0, 0.1) is 0 Å². The van der Waals surface area contributed by atoms with Crippen LogP contribution in [0.2, 0.25) is 5.02 Å². The number of H-pyrrole nitrogens is 1. The van der Waals surface area contributed by atoms with E-state index in [1.807, 2.05) is 0 Å². The van der Waals surface area contributed by atoms with Crippen LogP contribution in [0.4, 0.5) is 11.6 Å². The van der Waals surface area contributed by atoms with Gasteiger partial charge in [-0.15, -0.1) is 0 Å². The summed E-state index contributed by atoms with van der Waals surface area (Å²) in [5, 5.41) is 11.4. The van der Waals surface area contributed by atoms with Crippen molar-refractivity contribution in [3.63, 3.8) is 0 Å². The number of carbonyl (C=O) groups is 1. The van der Waals surface area contributed by atoms with Crippen molar-refractivity contribution in [2.75, 3.05) is 17.7 Å². The highest BCUT2D eigenvalue weighted by molar-refractivity contribution is 6.34. The van der Waals surface area contributed by atoms with Gasteiger partial charge in [0.2, 0.25) is 0 Å². The zero-order chi connectivity index (χ0) is 13.8. The average Bonchev–Trinajstić information content (AvgIpc) is 2.42. The van der Waals surface area contributed by atoms with Crippen molar-refractivity contribution in [2.45, 2.75) is 0 Å². The lowest BCUT2D eigenvalue weighted by Crippen LogP contribution is -2.17. The van der Waals surface area contributed by atoms with Crippen LogP contribution in [0.1, 0.15) is 10.5 Å². The zero-order valence-corrected chi connectivity index (χ0v) is 10.7. The Labute approximate surface area is 113 Å². The Kier molecular flexibility index (Phi) is 3.76. The van der Waals surface area contributed by atoms with E-state index in [1.165, 1.54) is 12.1 Å². The largest absolute Gasteiger partial charge is 0.373 e. The van der Waals surface area contributed by atoms with Crippen LogP contribution in [-0.4, -0.2) is 28.1 Å². The highest BCUT2D eigenvalue weighted by Crippen LogP contribution is 2.17. The number of nitrogens with one attached hydrogen (secondary N) is 3. The standard InChI is InChI=1S/C11H10ClN5O2/c1-13-7-3-2-6(12)10(14-7)11(19)15-8-4-5-9(18)17-16-8/h2-5H,1H3,(H,13,14)(H,17,18)(H,15,16,19). The maximum atomic E-state index is 12.0. The average molecular weight is 280 g/mol. The molecule has 8 heteroatoms. The molecule has 0 aromatic carbocycles. The molecule has 0 bridgehead atoms. The third kappa shape index (κ3) is 3.08. The monoisotopic (exact) mass is 279 g/mol. The van der Waals surface area contributed by atoms with E-state index < -0.39 is 5.91 Å². The molecular weight excluding hydrogens is 270 g/mol. The minimum atomic E-state index is -0.512. The normalized spacial score (nSPS) is 10.0. The summed E-state index contributed by atoms with van der Waals surface area (Å²) in [6.07, 6.45) is 0. The van der Waals surface area contributed by atoms with E-state index in [0.717, 1.165) is 0 Å². The third-order valence-electron chi connectivity index (χ3n) is 2.24. The maximum Gasteiger partial charge on any atom is 0.277 e. The molecule has 0 aliphatic rings. The van der Waals surface area contributed by atoms with E-state index in [1.54, 1.807) is 19.2 Å². The fourth-order valence-corrected chi connectivity index (χ4v) is 1.52. The van der Waals surface area contributed by atoms with E-state index in [-0.39, 0.29) is 22.1 Å². The van der Waals surface area contributed by atoms with Crippen LogP contribution in [0.25, 0.3) is 0 Å². The van der Waals surface area contributed by atoms with Gasteiger partial charge in [-0.25, -0.2) is 10.1 Å². The lowest BCUT2D eigenvalue weighted by atomic mass is 10.3. The van der Waals surface area contributed by atoms with Gasteiger partial charge in [-0.05, 0) is 18.2 Å². The van der Waals surface area contributed by atoms with Crippen LogP contribution in [0.3, 0.4) is 0 Å². The Bertz CT molecular complexity index is 650. The summed E-state index contributed by atoms with van der Waals surface area (Å²) in [7, 11) is 1.68. The van der Waals surface area contributed by atoms with Crippen LogP contribution >= 0.6 is 11.6 Å². The lowest BCUT2D eigenvalue weighted by Gasteiger charge is -2.06. The molecule has 0 aliphatic heterocycles. The summed E-state index contributed by atoms with van der Waals surface area (Å²) in [5.41, 5.74) is -0.284. The Hall–Kier alpha value is -2.41. The van der Waals surface area contributed by atoms with Crippen LogP contribution in [0.15, 0.2) is 29.1 Å². The molecule has 0 saturated carbocycles. The predicted molar refractivity (Wildman–Crippen MR) is 71.6 cm³/mol. The second kappa shape index (κ2) is 5.49. The molecule has 3 N–H and O–H groups in total. The number of carbonyl (C=O) groups excluding carboxylic acids is 1. The first kappa shape index (κ1) is 13.0. The summed E-state index contributed by atoms with van der Waals surface area (Å²) in [4.78, 5) is 26.9. The summed E-state index contributed by atoms with van der Waals surface area (Å²) in [6.45, 7) is 0. The number of nitrogens with zero attached hydrogens (tertiary/aromatic N) is 2. The first-order valence-electron chi connectivity index (χ1n) is 5.31. The number of hydrogen-bond acceptors (Lipinski definition) is 5. The molecule has 2 rings (SSSR count). The Morgan fingerprint density at radius 3 is 2.63 bits per heavy atom. The number of pyridine rings is 1. The Morgan fingerprint density at radius 2 is 2.00 bits per heavy atom. The van der Waals surface area contributed by atoms with Gasteiger partial charge < -0.3 is 10.6 Å². The minimum absolute atomic E-state index is 0.0708. The number of aromatic amines is 1. The fraction of sp³-hybridized carbons (Fsp3) is 0.0909. The molecular formula is C11H10ClN5O2. The number of amides is 1. The van der Waals surface area contributed by atoms with Gasteiger partial charge in [-0.1, -0.05) is 11.6 Å². The van der Waals surface area contributed by atoms with Crippen LogP contribution in [0.5, 0.6) is 0 Å². The molecule has 98 valence electrons. The molecule has 0 atom stereocenters. The number of aromatic nitrogens is 3. The van der Waals surface area contributed by atoms with Gasteiger partial charge >= 0.3 is 0 Å². The summed E-state index contributed by atoms with van der Waals surface area (Å²) in [5.74, 6) is 0.211. The first-order valence-corrected chi connectivity index (χ1v) is 5.69. The second-order valence-electron chi connectivity index (χ2n) is 3.54. The molecule has 7 nitrogen and oxygen atoms in total. The number of rotatable bonds is 3. The van der Waals surface area contributed by atoms with Crippen molar-refractivity contribution in [2.24, 2.45) is 0 Å². The highest BCUT2D eigenvalue weighted by atomic mass is 35.5. The summed E-state index contributed by atoms with van der Waals surface area (Å²) in [6, 6.07) is 5.85. The van der Waals surface area contributed by atoms with Crippen molar-refractivity contribution in [1.29, 1.82) is 0 Å². The molecule has 0 saturated heterocycles. The molecule has 0 unspecified atom stereocenters. The van der Waals surface area contributed by atoms with Gasteiger partial charge in [-0.2, -0.15) is 5.10 Å². The fourth-order valence-electron chi connectivity index (χ4n) is 1.33. The van der Waals surface area contributed by atoms with E-state index in [2.05, 4.69) is 25.8 Å². The number of hydrogen-bond donors (Lipinski definition) is 3. The van der Waals surface area contributed by atoms with Crippen molar-refractivity contribution >= 4 is 29.1 Å². The maximum absolute atomic E-state index is 12.0. The van der Waals surface area contributed by atoms with Gasteiger partial charge in [0.15, 0.2) is 5.82 Å². The molecule has 0 radical (unpaired) electrons. The van der Waals surface area contributed by atoms with Gasteiger partial charge in [0, 0.05) is 13.1 Å². The molecule has 0 fully saturated rings. The minimum Gasteiger partial charge on any atom is -0.373 e. The van der Waals surface area contributed by atoms with E-state index >= 15 is 0 Å². The highest BCUT2D eigenvalue weighted by Gasteiger charge is 2.13. The molecule has 2 aromatic heterocycles. The molecule has 2 aromatic rings. The van der Waals surface area contributed by atoms with E-state index in [9.17, 15) is 9.59 Å². The first-order chi connectivity index (χ1) is 9.10. The van der Waals surface area contributed by atoms with Gasteiger partial charge in [0.1, 0.15) is 11.5 Å². The smallest absolute Gasteiger partial charge is 0.277 e. The lowest BCUT2D eigenvalue weighted by molar-refractivity contribution is 0.102. The van der Waals surface area contributed by atoms with Crippen molar-refractivity contribution in [3.8, 4) is 0 Å². The zero-order valence-electron chi connectivity index (χ0n) is 9.90. The van der Waals surface area contributed by atoms with Gasteiger partial charge in [0.05, 0.1) is 5.02 Å². The summed E-state index contributed by atoms with van der Waals surface area (Å²) >= 11 is 5.91. The second-order valence-corrected chi connectivity index (χ2v) is 3.94. The molecule has 0 aliphatic carbocycles. The van der Waals surface area contributed by atoms with Crippen LogP contribution < -0.4 is 16.2 Å². The van der Waals surface area contributed by atoms with Crippen LogP contribution in [-0.2, 0) is 0 Å². The van der Waals surface area contributed by atoms with Crippen molar-refractivity contribution in [3.05, 3.63) is 45.3 Å². The quantitative estimate of drug-likeness (QED) is 0.781. The molecule has 1 amide bonds. The third-order valence-corrected chi connectivity index (χ3v) is 2.54. The Balaban J connectivity index is 2.24. The summed E-state index contributed by atoms with van der Waals surface area (Å²) < 4.78 is 0. The number of halogens is 1. The topological polar surface area (TPSA) is 99.8 Å². The Morgan fingerprint density at radius 1 is 1.26 bits per heavy atom. The molecule has 0 spiro atoms. The molecule has 19 heavy (non-hydrogen) atoms. The van der Waals surface area contributed by atoms with E-state index in [4.69, 9.17) is 11.6 Å². The van der Waals surface area contributed by atoms with Gasteiger partial charge in [-0.3, -0.25) is 9.59 Å². The van der Waals surface area contributed by atoms with Crippen molar-refractivity contribution in [1.82, 2.24) is 15.2 Å². The SMILES string of the molecule is CNc1ccc(Cl)c(C(=O)Nc2ccc(=O)[nH]n2)n1. The predicted octanol–water partition coefficient (Wildman–Crippen LogP) is 1.11. The molecule has 2 heterocycles. The van der Waals surface area contributed by atoms with Gasteiger partial charge in [0.25, 0.3) is 11.5 Å².